The van der Waals surface area contributed by atoms with Gasteiger partial charge < -0.3 is 15.4 Å². The molecule has 0 bridgehead atoms. The van der Waals surface area contributed by atoms with E-state index in [1.165, 1.54) is 11.1 Å². The maximum atomic E-state index is 5.76. The number of ether oxygens (including phenoxy) is 1. The molecule has 2 rings (SSSR count). The molecule has 1 heterocycles. The van der Waals surface area contributed by atoms with Crippen LogP contribution >= 0.6 is 24.0 Å². The van der Waals surface area contributed by atoms with Gasteiger partial charge in [0.15, 0.2) is 5.96 Å². The first-order valence-electron chi connectivity index (χ1n) is 9.61. The largest absolute Gasteiger partial charge is 0.494 e. The summed E-state index contributed by atoms with van der Waals surface area (Å²) in [5.41, 5.74) is 3.56. The van der Waals surface area contributed by atoms with Crippen LogP contribution in [-0.2, 0) is 6.54 Å². The van der Waals surface area contributed by atoms with Crippen molar-refractivity contribution in [3.8, 4) is 5.75 Å². The molecule has 0 saturated heterocycles. The summed E-state index contributed by atoms with van der Waals surface area (Å²) in [6.45, 7) is 10.7. The first kappa shape index (κ1) is 24.2. The third-order valence-corrected chi connectivity index (χ3v) is 4.60. The number of benzene rings is 1. The lowest BCUT2D eigenvalue weighted by Gasteiger charge is -2.23. The molecule has 154 valence electrons. The normalized spacial score (nSPS) is 12.3. The van der Waals surface area contributed by atoms with Gasteiger partial charge in [-0.2, -0.15) is 0 Å². The van der Waals surface area contributed by atoms with Crippen LogP contribution in [0.3, 0.4) is 0 Å². The van der Waals surface area contributed by atoms with Gasteiger partial charge in [0.05, 0.1) is 6.61 Å². The monoisotopic (exact) mass is 496 g/mol. The minimum Gasteiger partial charge on any atom is -0.494 e. The number of guanidine groups is 1. The van der Waals surface area contributed by atoms with Crippen LogP contribution in [0, 0.1) is 12.8 Å². The van der Waals surface area contributed by atoms with Crippen molar-refractivity contribution in [2.45, 2.75) is 40.2 Å². The second kappa shape index (κ2) is 12.6. The SMILES string of the molecule is CCOc1cc(C)ccc1CNC(=NC)NCC(c1cccnc1)C(C)C.I. The average Bonchev–Trinajstić information content (AvgIpc) is 2.66. The van der Waals surface area contributed by atoms with Crippen molar-refractivity contribution in [2.75, 3.05) is 20.2 Å². The van der Waals surface area contributed by atoms with Crippen molar-refractivity contribution < 1.29 is 4.74 Å². The van der Waals surface area contributed by atoms with Crippen LogP contribution in [0.1, 0.15) is 43.4 Å². The molecule has 0 aliphatic heterocycles. The van der Waals surface area contributed by atoms with E-state index >= 15 is 0 Å². The van der Waals surface area contributed by atoms with Gasteiger partial charge in [0, 0.05) is 44.0 Å². The molecule has 0 radical (unpaired) electrons. The van der Waals surface area contributed by atoms with E-state index < -0.39 is 0 Å². The predicted molar refractivity (Wildman–Crippen MR) is 128 cm³/mol. The highest BCUT2D eigenvalue weighted by atomic mass is 127. The van der Waals surface area contributed by atoms with Gasteiger partial charge in [-0.3, -0.25) is 9.98 Å². The number of nitrogens with one attached hydrogen (secondary N) is 2. The zero-order valence-corrected chi connectivity index (χ0v) is 19.9. The molecule has 1 unspecified atom stereocenters. The summed E-state index contributed by atoms with van der Waals surface area (Å²) < 4.78 is 5.76. The lowest BCUT2D eigenvalue weighted by atomic mass is 9.89. The first-order chi connectivity index (χ1) is 13.0. The molecule has 1 aromatic heterocycles. The van der Waals surface area contributed by atoms with Crippen LogP contribution in [0.2, 0.25) is 0 Å². The number of aryl methyl sites for hydroxylation is 1. The van der Waals surface area contributed by atoms with Crippen molar-refractivity contribution in [3.05, 3.63) is 59.4 Å². The topological polar surface area (TPSA) is 58.5 Å². The van der Waals surface area contributed by atoms with E-state index in [1.807, 2.05) is 25.4 Å². The third-order valence-electron chi connectivity index (χ3n) is 4.60. The summed E-state index contributed by atoms with van der Waals surface area (Å²) in [5, 5.41) is 6.85. The van der Waals surface area contributed by atoms with Gasteiger partial charge in [0.25, 0.3) is 0 Å². The van der Waals surface area contributed by atoms with Crippen LogP contribution in [0.4, 0.5) is 0 Å². The van der Waals surface area contributed by atoms with Gasteiger partial charge in [-0.25, -0.2) is 0 Å². The molecule has 28 heavy (non-hydrogen) atoms. The molecule has 0 amide bonds. The van der Waals surface area contributed by atoms with Crippen molar-refractivity contribution >= 4 is 29.9 Å². The number of hydrogen-bond donors (Lipinski definition) is 2. The van der Waals surface area contributed by atoms with Crippen molar-refractivity contribution in [2.24, 2.45) is 10.9 Å². The van der Waals surface area contributed by atoms with E-state index in [9.17, 15) is 0 Å². The molecule has 6 heteroatoms. The van der Waals surface area contributed by atoms with Crippen molar-refractivity contribution in [1.82, 2.24) is 15.6 Å². The van der Waals surface area contributed by atoms with Gasteiger partial charge in [0.1, 0.15) is 5.75 Å². The number of hydrogen-bond acceptors (Lipinski definition) is 3. The molecule has 2 N–H and O–H groups in total. The second-order valence-corrected chi connectivity index (χ2v) is 6.99. The fraction of sp³-hybridized carbons (Fsp3) is 0.455. The zero-order chi connectivity index (χ0) is 19.6. The Balaban J connectivity index is 0.00000392. The number of nitrogens with zero attached hydrogens (tertiary/aromatic N) is 2. The number of aliphatic imine (C=N–C) groups is 1. The van der Waals surface area contributed by atoms with Gasteiger partial charge >= 0.3 is 0 Å². The fourth-order valence-electron chi connectivity index (χ4n) is 3.04. The van der Waals surface area contributed by atoms with Crippen LogP contribution in [0.5, 0.6) is 5.75 Å². The highest BCUT2D eigenvalue weighted by molar-refractivity contribution is 14.0. The minimum absolute atomic E-state index is 0. The summed E-state index contributed by atoms with van der Waals surface area (Å²) in [4.78, 5) is 8.62. The summed E-state index contributed by atoms with van der Waals surface area (Å²) in [5.74, 6) is 2.58. The van der Waals surface area contributed by atoms with Gasteiger partial charge in [-0.05, 0) is 43.0 Å². The van der Waals surface area contributed by atoms with Crippen LogP contribution in [0.15, 0.2) is 47.7 Å². The lowest BCUT2D eigenvalue weighted by Crippen LogP contribution is -2.39. The van der Waals surface area contributed by atoms with E-state index in [0.29, 0.717) is 25.0 Å². The van der Waals surface area contributed by atoms with Crippen molar-refractivity contribution in [3.63, 3.8) is 0 Å². The Morgan fingerprint density at radius 1 is 1.21 bits per heavy atom. The molecule has 0 aliphatic rings. The number of halogens is 1. The van der Waals surface area contributed by atoms with Crippen LogP contribution in [0.25, 0.3) is 0 Å². The molecule has 0 spiro atoms. The van der Waals surface area contributed by atoms with Crippen molar-refractivity contribution in [1.29, 1.82) is 0 Å². The smallest absolute Gasteiger partial charge is 0.191 e. The Morgan fingerprint density at radius 2 is 2.00 bits per heavy atom. The maximum Gasteiger partial charge on any atom is 0.191 e. The molecule has 0 saturated carbocycles. The Kier molecular flexibility index (Phi) is 10.9. The molecular formula is C22H33IN4O. The highest BCUT2D eigenvalue weighted by Gasteiger charge is 2.16. The molecule has 2 aromatic rings. The molecule has 5 nitrogen and oxygen atoms in total. The van der Waals surface area contributed by atoms with E-state index in [4.69, 9.17) is 4.74 Å². The first-order valence-corrected chi connectivity index (χ1v) is 9.61. The Bertz CT molecular complexity index is 735. The van der Waals surface area contributed by atoms with E-state index in [1.54, 1.807) is 7.05 Å². The molecule has 0 aliphatic carbocycles. The average molecular weight is 496 g/mol. The predicted octanol–water partition coefficient (Wildman–Crippen LogP) is 4.51. The maximum absolute atomic E-state index is 5.76. The molecule has 1 aromatic carbocycles. The van der Waals surface area contributed by atoms with Crippen LogP contribution in [-0.4, -0.2) is 31.1 Å². The summed E-state index contributed by atoms with van der Waals surface area (Å²) in [6.07, 6.45) is 3.76. The Morgan fingerprint density at radius 3 is 2.61 bits per heavy atom. The fourth-order valence-corrected chi connectivity index (χ4v) is 3.04. The zero-order valence-electron chi connectivity index (χ0n) is 17.5. The second-order valence-electron chi connectivity index (χ2n) is 6.99. The van der Waals surface area contributed by atoms with E-state index in [0.717, 1.165) is 23.8 Å². The molecular weight excluding hydrogens is 463 g/mol. The van der Waals surface area contributed by atoms with Gasteiger partial charge in [0.2, 0.25) is 0 Å². The van der Waals surface area contributed by atoms with Gasteiger partial charge in [-0.1, -0.05) is 32.0 Å². The Labute approximate surface area is 186 Å². The molecule has 1 atom stereocenters. The summed E-state index contributed by atoms with van der Waals surface area (Å²) in [7, 11) is 1.79. The Hall–Kier alpha value is -1.83. The summed E-state index contributed by atoms with van der Waals surface area (Å²) >= 11 is 0. The molecule has 0 fully saturated rings. The van der Waals surface area contributed by atoms with Crippen LogP contribution < -0.4 is 15.4 Å². The van der Waals surface area contributed by atoms with E-state index in [2.05, 4.69) is 65.6 Å². The number of aromatic nitrogens is 1. The summed E-state index contributed by atoms with van der Waals surface area (Å²) in [6, 6.07) is 10.4. The standard InChI is InChI=1S/C22H32N4O.HI/c1-6-27-21-12-17(4)9-10-19(21)14-25-22(23-5)26-15-20(16(2)3)18-8-7-11-24-13-18;/h7-13,16,20H,6,14-15H2,1-5H3,(H2,23,25,26);1H. The highest BCUT2D eigenvalue weighted by Crippen LogP contribution is 2.23. The quantitative estimate of drug-likeness (QED) is 0.321. The van der Waals surface area contributed by atoms with Gasteiger partial charge in [-0.15, -0.1) is 24.0 Å². The van der Waals surface area contributed by atoms with E-state index in [-0.39, 0.29) is 24.0 Å². The minimum atomic E-state index is 0. The number of rotatable bonds is 8. The third kappa shape index (κ3) is 7.30. The lowest BCUT2D eigenvalue weighted by molar-refractivity contribution is 0.336. The number of pyridine rings is 1.